The van der Waals surface area contributed by atoms with E-state index in [0.717, 1.165) is 12.8 Å². The standard InChI is InChI=1S/C27H32FN5O6S/c1-26(2,3)38-24(35)33(25(36)39-27(4,5)6)21-12-19(37-7)17(13-29-21)18-14-32(40-28)22-16(18)10-11-20(30-22)31-23(34)15-8-9-15/h10-15H,8-9H2,1-7H3,(H,30,31,34). The van der Waals surface area contributed by atoms with E-state index in [1.807, 2.05) is 0 Å². The number of methoxy groups -OCH3 is 1. The van der Waals surface area contributed by atoms with Crippen LogP contribution in [0.2, 0.25) is 0 Å². The molecule has 13 heteroatoms. The Morgan fingerprint density at radius 2 is 1.68 bits per heavy atom. The van der Waals surface area contributed by atoms with Crippen LogP contribution in [0.4, 0.5) is 25.1 Å². The highest BCUT2D eigenvalue weighted by molar-refractivity contribution is 7.92. The predicted octanol–water partition coefficient (Wildman–Crippen LogP) is 6.51. The van der Waals surface area contributed by atoms with E-state index in [1.165, 1.54) is 29.5 Å². The average molecular weight is 574 g/mol. The fraction of sp³-hybridized carbons (Fsp3) is 0.444. The number of hydrogen-bond donors (Lipinski definition) is 1. The van der Waals surface area contributed by atoms with Gasteiger partial charge in [0.2, 0.25) is 5.91 Å². The zero-order valence-electron chi connectivity index (χ0n) is 23.4. The molecule has 3 amide bonds. The number of nitrogens with one attached hydrogen (secondary N) is 1. The van der Waals surface area contributed by atoms with Crippen LogP contribution in [0.3, 0.4) is 0 Å². The number of fused-ring (bicyclic) bond motifs is 1. The lowest BCUT2D eigenvalue weighted by Gasteiger charge is -2.28. The van der Waals surface area contributed by atoms with E-state index in [1.54, 1.807) is 53.7 Å². The van der Waals surface area contributed by atoms with E-state index >= 15 is 0 Å². The summed E-state index contributed by atoms with van der Waals surface area (Å²) in [5.41, 5.74) is -0.515. The number of aromatic nitrogens is 3. The number of rotatable bonds is 6. The lowest BCUT2D eigenvalue weighted by Crippen LogP contribution is -2.44. The maximum Gasteiger partial charge on any atom is 0.425 e. The molecule has 4 rings (SSSR count). The molecule has 0 bridgehead atoms. The Morgan fingerprint density at radius 1 is 1.05 bits per heavy atom. The maximum atomic E-state index is 13.9. The van der Waals surface area contributed by atoms with Gasteiger partial charge in [-0.2, -0.15) is 4.90 Å². The molecule has 0 unspecified atom stereocenters. The highest BCUT2D eigenvalue weighted by atomic mass is 32.2. The SMILES string of the molecule is COc1cc(N(C(=O)OC(C)(C)C)C(=O)OC(C)(C)C)ncc1-c1cn(SF)c2nc(NC(=O)C3CC3)ccc12. The summed E-state index contributed by atoms with van der Waals surface area (Å²) in [7, 11) is 1.42. The second-order valence-corrected chi connectivity index (χ2v) is 11.8. The fourth-order valence-electron chi connectivity index (χ4n) is 3.78. The summed E-state index contributed by atoms with van der Waals surface area (Å²) in [6, 6.07) is 4.75. The van der Waals surface area contributed by atoms with Gasteiger partial charge in [-0.25, -0.2) is 23.5 Å². The first-order chi connectivity index (χ1) is 18.7. The van der Waals surface area contributed by atoms with Gasteiger partial charge in [-0.1, -0.05) is 0 Å². The average Bonchev–Trinajstić information content (AvgIpc) is 3.63. The van der Waals surface area contributed by atoms with Gasteiger partial charge in [0.1, 0.15) is 22.8 Å². The van der Waals surface area contributed by atoms with Crippen LogP contribution in [0.25, 0.3) is 22.2 Å². The number of imide groups is 1. The number of pyridine rings is 2. The molecule has 0 aromatic carbocycles. The molecule has 3 heterocycles. The van der Waals surface area contributed by atoms with Gasteiger partial charge in [0.15, 0.2) is 23.8 Å². The molecule has 1 aliphatic carbocycles. The minimum Gasteiger partial charge on any atom is -0.496 e. The van der Waals surface area contributed by atoms with Crippen LogP contribution in [0.5, 0.6) is 5.75 Å². The monoisotopic (exact) mass is 573 g/mol. The smallest absolute Gasteiger partial charge is 0.425 e. The predicted molar refractivity (Wildman–Crippen MR) is 150 cm³/mol. The number of hydrogen-bond acceptors (Lipinski definition) is 9. The number of amides is 3. The molecule has 214 valence electrons. The Kier molecular flexibility index (Phi) is 7.97. The summed E-state index contributed by atoms with van der Waals surface area (Å²) >= 11 is -0.0506. The number of carbonyl (C=O) groups excluding carboxylic acids is 3. The third kappa shape index (κ3) is 6.64. The molecule has 3 aromatic rings. The summed E-state index contributed by atoms with van der Waals surface area (Å²) in [6.45, 7) is 10.0. The molecule has 0 radical (unpaired) electrons. The first kappa shape index (κ1) is 29.1. The van der Waals surface area contributed by atoms with E-state index in [2.05, 4.69) is 15.3 Å². The van der Waals surface area contributed by atoms with Crippen molar-refractivity contribution in [2.45, 2.75) is 65.6 Å². The molecular formula is C27H32FN5O6S. The normalized spacial score (nSPS) is 13.6. The second-order valence-electron chi connectivity index (χ2n) is 11.3. The first-order valence-corrected chi connectivity index (χ1v) is 13.3. The van der Waals surface area contributed by atoms with Crippen LogP contribution in [0.15, 0.2) is 30.6 Å². The molecule has 1 fully saturated rings. The van der Waals surface area contributed by atoms with E-state index in [9.17, 15) is 18.3 Å². The Hall–Kier alpha value is -3.87. The quantitative estimate of drug-likeness (QED) is 0.351. The van der Waals surface area contributed by atoms with Crippen molar-refractivity contribution in [1.82, 2.24) is 13.9 Å². The van der Waals surface area contributed by atoms with Crippen LogP contribution in [-0.4, -0.2) is 50.3 Å². The van der Waals surface area contributed by atoms with Crippen molar-refractivity contribution in [3.63, 3.8) is 0 Å². The molecule has 1 saturated carbocycles. The van der Waals surface area contributed by atoms with Gasteiger partial charge in [-0.3, -0.25) is 4.79 Å². The van der Waals surface area contributed by atoms with Crippen LogP contribution in [0.1, 0.15) is 54.4 Å². The number of nitrogens with zero attached hydrogens (tertiary/aromatic N) is 4. The van der Waals surface area contributed by atoms with Crippen molar-refractivity contribution in [2.75, 3.05) is 17.3 Å². The molecule has 0 spiro atoms. The van der Waals surface area contributed by atoms with Crippen molar-refractivity contribution >= 4 is 53.1 Å². The van der Waals surface area contributed by atoms with Crippen molar-refractivity contribution < 1.29 is 32.5 Å². The first-order valence-electron chi connectivity index (χ1n) is 12.6. The van der Waals surface area contributed by atoms with Gasteiger partial charge in [0.25, 0.3) is 0 Å². The van der Waals surface area contributed by atoms with Gasteiger partial charge >= 0.3 is 12.2 Å². The van der Waals surface area contributed by atoms with Gasteiger partial charge in [-0.05, 0) is 66.5 Å². The van der Waals surface area contributed by atoms with Crippen LogP contribution >= 0.6 is 12.3 Å². The minimum atomic E-state index is -0.973. The molecule has 40 heavy (non-hydrogen) atoms. The zero-order valence-corrected chi connectivity index (χ0v) is 24.2. The van der Waals surface area contributed by atoms with Crippen LogP contribution in [0, 0.1) is 5.92 Å². The van der Waals surface area contributed by atoms with Crippen molar-refractivity contribution in [3.05, 3.63) is 30.6 Å². The molecule has 0 saturated heterocycles. The molecule has 1 N–H and O–H groups in total. The highest BCUT2D eigenvalue weighted by Gasteiger charge is 2.34. The molecule has 11 nitrogen and oxygen atoms in total. The van der Waals surface area contributed by atoms with Crippen LogP contribution < -0.4 is 15.0 Å². The molecule has 3 aromatic heterocycles. The second kappa shape index (κ2) is 11.0. The summed E-state index contributed by atoms with van der Waals surface area (Å²) < 4.78 is 31.6. The molecule has 1 aliphatic rings. The topological polar surface area (TPSA) is 125 Å². The highest BCUT2D eigenvalue weighted by Crippen LogP contribution is 2.39. The third-order valence-corrected chi connectivity index (χ3v) is 6.06. The van der Waals surface area contributed by atoms with Gasteiger partial charge < -0.3 is 19.5 Å². The summed E-state index contributed by atoms with van der Waals surface area (Å²) in [6.07, 6.45) is 2.67. The molecule has 0 atom stereocenters. The van der Waals surface area contributed by atoms with Gasteiger partial charge in [0, 0.05) is 40.9 Å². The fourth-order valence-corrected chi connectivity index (χ4v) is 4.13. The Bertz CT molecular complexity index is 1430. The number of ether oxygens (including phenoxy) is 3. The van der Waals surface area contributed by atoms with E-state index in [-0.39, 0.29) is 41.4 Å². The summed E-state index contributed by atoms with van der Waals surface area (Å²) in [4.78, 5) is 47.8. The van der Waals surface area contributed by atoms with Crippen molar-refractivity contribution in [3.8, 4) is 16.9 Å². The number of anilines is 2. The maximum absolute atomic E-state index is 13.9. The third-order valence-electron chi connectivity index (χ3n) is 5.64. The lowest BCUT2D eigenvalue weighted by atomic mass is 10.1. The molecular weight excluding hydrogens is 541 g/mol. The summed E-state index contributed by atoms with van der Waals surface area (Å²) in [5, 5.41) is 3.33. The molecule has 0 aliphatic heterocycles. The Balaban J connectivity index is 1.75. The largest absolute Gasteiger partial charge is 0.496 e. The summed E-state index contributed by atoms with van der Waals surface area (Å²) in [5.74, 6) is 0.353. The van der Waals surface area contributed by atoms with Crippen molar-refractivity contribution in [1.29, 1.82) is 0 Å². The zero-order chi connectivity index (χ0) is 29.4. The van der Waals surface area contributed by atoms with Gasteiger partial charge in [-0.15, -0.1) is 3.89 Å². The minimum absolute atomic E-state index is 0.00910. The van der Waals surface area contributed by atoms with E-state index in [4.69, 9.17) is 14.2 Å². The van der Waals surface area contributed by atoms with E-state index in [0.29, 0.717) is 27.2 Å². The van der Waals surface area contributed by atoms with Gasteiger partial charge in [0.05, 0.1) is 7.11 Å². The number of carbonyl (C=O) groups is 3. The number of halogens is 1. The lowest BCUT2D eigenvalue weighted by molar-refractivity contribution is -0.117. The van der Waals surface area contributed by atoms with Crippen LogP contribution in [-0.2, 0) is 14.3 Å². The van der Waals surface area contributed by atoms with Crippen molar-refractivity contribution in [2.24, 2.45) is 5.92 Å². The Morgan fingerprint density at radius 3 is 2.20 bits per heavy atom. The Labute approximate surface area is 235 Å². The van der Waals surface area contributed by atoms with E-state index < -0.39 is 23.4 Å².